The summed E-state index contributed by atoms with van der Waals surface area (Å²) in [5.41, 5.74) is 0.786. The van der Waals surface area contributed by atoms with Gasteiger partial charge in [0, 0.05) is 18.2 Å². The molecule has 0 bridgehead atoms. The van der Waals surface area contributed by atoms with Crippen LogP contribution in [0.25, 0.3) is 0 Å². The first-order valence-corrected chi connectivity index (χ1v) is 12.3. The molecule has 9 heteroatoms. The number of rotatable bonds is 9. The minimum atomic E-state index is -1.08. The molecule has 196 valence electrons. The third kappa shape index (κ3) is 7.41. The molecular weight excluding hydrogens is 464 g/mol. The summed E-state index contributed by atoms with van der Waals surface area (Å²) < 4.78 is 23.0. The zero-order chi connectivity index (χ0) is 26.1. The summed E-state index contributed by atoms with van der Waals surface area (Å²) in [6.45, 7) is 6.69. The molecule has 2 N–H and O–H groups in total. The Hall–Kier alpha value is -3.17. The number of aromatic hydroxyl groups is 1. The Morgan fingerprint density at radius 3 is 2.67 bits per heavy atom. The molecule has 0 unspecified atom stereocenters. The average Bonchev–Trinajstić information content (AvgIpc) is 2.91. The maximum atomic E-state index is 13.0. The van der Waals surface area contributed by atoms with Crippen molar-refractivity contribution in [2.75, 3.05) is 20.3 Å². The lowest BCUT2D eigenvalue weighted by molar-refractivity contribution is -0.155. The van der Waals surface area contributed by atoms with E-state index in [9.17, 15) is 14.7 Å². The molecule has 1 fully saturated rings. The monoisotopic (exact) mass is 500 g/mol. The van der Waals surface area contributed by atoms with Gasteiger partial charge in [-0.3, -0.25) is 4.79 Å². The molecule has 1 amide bonds. The number of amides is 1. The molecule has 4 atom stereocenters. The topological polar surface area (TPSA) is 116 Å². The first kappa shape index (κ1) is 27.4. The van der Waals surface area contributed by atoms with E-state index < -0.39 is 29.8 Å². The van der Waals surface area contributed by atoms with Crippen molar-refractivity contribution in [3.63, 3.8) is 0 Å². The molecule has 3 rings (SSSR count). The summed E-state index contributed by atoms with van der Waals surface area (Å²) in [6.07, 6.45) is 2.32. The van der Waals surface area contributed by atoms with Crippen molar-refractivity contribution in [2.24, 2.45) is 11.8 Å². The van der Waals surface area contributed by atoms with Gasteiger partial charge in [-0.2, -0.15) is 0 Å². The van der Waals surface area contributed by atoms with Crippen LogP contribution in [0.3, 0.4) is 0 Å². The summed E-state index contributed by atoms with van der Waals surface area (Å²) in [7, 11) is 1.37. The molecule has 0 spiro atoms. The number of hydrogen-bond acceptors (Lipinski definition) is 8. The van der Waals surface area contributed by atoms with Gasteiger partial charge < -0.3 is 29.4 Å². The van der Waals surface area contributed by atoms with Crippen LogP contribution in [0.2, 0.25) is 0 Å². The molecule has 36 heavy (non-hydrogen) atoms. The highest BCUT2D eigenvalue weighted by Gasteiger charge is 2.35. The van der Waals surface area contributed by atoms with Gasteiger partial charge in [0.2, 0.25) is 0 Å². The number of benzene rings is 1. The Bertz CT molecular complexity index is 999. The Morgan fingerprint density at radius 2 is 1.97 bits per heavy atom. The number of carbonyl (C=O) groups is 2. The van der Waals surface area contributed by atoms with Gasteiger partial charge in [0.1, 0.15) is 6.10 Å². The lowest BCUT2D eigenvalue weighted by Gasteiger charge is -2.31. The van der Waals surface area contributed by atoms with Gasteiger partial charge in [-0.05, 0) is 24.8 Å². The van der Waals surface area contributed by atoms with E-state index in [4.69, 9.17) is 18.9 Å². The van der Waals surface area contributed by atoms with E-state index in [0.29, 0.717) is 12.5 Å². The van der Waals surface area contributed by atoms with Crippen LogP contribution in [0.4, 0.5) is 0 Å². The Morgan fingerprint density at radius 1 is 1.22 bits per heavy atom. The largest absolute Gasteiger partial charge is 0.503 e. The molecule has 0 aliphatic carbocycles. The number of esters is 1. The van der Waals surface area contributed by atoms with Crippen LogP contribution >= 0.6 is 0 Å². The molecule has 2 aromatic rings. The number of nitrogens with one attached hydrogen (secondary N) is 1. The van der Waals surface area contributed by atoms with Crippen LogP contribution in [-0.4, -0.2) is 60.5 Å². The second kappa shape index (κ2) is 13.2. The molecule has 1 saturated heterocycles. The minimum Gasteiger partial charge on any atom is -0.503 e. The number of hydrogen-bond donors (Lipinski definition) is 2. The molecular formula is C27H36N2O7. The average molecular weight is 501 g/mol. The molecule has 1 aliphatic rings. The van der Waals surface area contributed by atoms with Gasteiger partial charge in [0.15, 0.2) is 23.2 Å². The molecule has 9 nitrogen and oxygen atoms in total. The Balaban J connectivity index is 1.74. The number of nitrogens with zero attached hydrogens (tertiary/aromatic N) is 1. The Labute approximate surface area is 212 Å². The van der Waals surface area contributed by atoms with Crippen molar-refractivity contribution in [1.82, 2.24) is 10.3 Å². The van der Waals surface area contributed by atoms with Crippen LogP contribution in [0.15, 0.2) is 42.6 Å². The summed E-state index contributed by atoms with van der Waals surface area (Å²) in [6, 6.07) is 10.2. The standard InChI is InChI=1S/C27H36N2O7/c1-17(2)10-11-20-18(3)36-27(32)21(29-26(31)24-25(30)22(33-4)12-13-28-24)15-34-16-23(20)35-14-19-8-6-5-7-9-19/h5-9,12-13,17-18,20-21,23,30H,10-11,14-16H2,1-4H3,(H,29,31)/t18-,20-,21-,23-/m0/s1. The van der Waals surface area contributed by atoms with Gasteiger partial charge in [0.25, 0.3) is 5.91 Å². The third-order valence-electron chi connectivity index (χ3n) is 6.25. The number of carbonyl (C=O) groups excluding carboxylic acids is 2. The van der Waals surface area contributed by atoms with Crippen LogP contribution in [0.1, 0.15) is 49.7 Å². The maximum absolute atomic E-state index is 13.0. The molecule has 0 radical (unpaired) electrons. The fourth-order valence-electron chi connectivity index (χ4n) is 4.14. The van der Waals surface area contributed by atoms with E-state index in [1.807, 2.05) is 37.3 Å². The van der Waals surface area contributed by atoms with Crippen LogP contribution in [-0.2, 0) is 25.6 Å². The zero-order valence-corrected chi connectivity index (χ0v) is 21.3. The minimum absolute atomic E-state index is 0.0846. The van der Waals surface area contributed by atoms with Gasteiger partial charge in [0.05, 0.1) is 33.0 Å². The van der Waals surface area contributed by atoms with Gasteiger partial charge in [-0.1, -0.05) is 50.6 Å². The van der Waals surface area contributed by atoms with Gasteiger partial charge >= 0.3 is 5.97 Å². The molecule has 1 aromatic carbocycles. The smallest absolute Gasteiger partial charge is 0.331 e. The fourth-order valence-corrected chi connectivity index (χ4v) is 4.14. The zero-order valence-electron chi connectivity index (χ0n) is 21.3. The third-order valence-corrected chi connectivity index (χ3v) is 6.25. The van der Waals surface area contributed by atoms with Crippen molar-refractivity contribution in [2.45, 2.75) is 58.5 Å². The normalized spacial score (nSPS) is 22.8. The molecule has 1 aromatic heterocycles. The number of aromatic nitrogens is 1. The van der Waals surface area contributed by atoms with Crippen LogP contribution in [0, 0.1) is 11.8 Å². The maximum Gasteiger partial charge on any atom is 0.331 e. The predicted molar refractivity (Wildman–Crippen MR) is 133 cm³/mol. The number of methoxy groups -OCH3 is 1. The summed E-state index contributed by atoms with van der Waals surface area (Å²) >= 11 is 0. The van der Waals surface area contributed by atoms with Crippen LogP contribution < -0.4 is 10.1 Å². The fraction of sp³-hybridized carbons (Fsp3) is 0.519. The highest BCUT2D eigenvalue weighted by molar-refractivity contribution is 5.98. The Kier molecular flexibility index (Phi) is 10.1. The molecule has 0 saturated carbocycles. The van der Waals surface area contributed by atoms with E-state index in [1.54, 1.807) is 0 Å². The summed E-state index contributed by atoms with van der Waals surface area (Å²) in [5, 5.41) is 12.8. The number of cyclic esters (lactones) is 1. The molecule has 2 heterocycles. The highest BCUT2D eigenvalue weighted by Crippen LogP contribution is 2.28. The van der Waals surface area contributed by atoms with E-state index >= 15 is 0 Å². The van der Waals surface area contributed by atoms with Crippen molar-refractivity contribution >= 4 is 11.9 Å². The second-order valence-corrected chi connectivity index (χ2v) is 9.39. The SMILES string of the molecule is COc1ccnc(C(=O)N[C@H]2COC[C@H](OCc3ccccc3)[C@@H](CCC(C)C)[C@H](C)OC2=O)c1O. The first-order chi connectivity index (χ1) is 17.3. The number of pyridine rings is 1. The summed E-state index contributed by atoms with van der Waals surface area (Å²) in [4.78, 5) is 29.7. The van der Waals surface area contributed by atoms with E-state index in [1.165, 1.54) is 19.4 Å². The highest BCUT2D eigenvalue weighted by atomic mass is 16.6. The van der Waals surface area contributed by atoms with E-state index in [-0.39, 0.29) is 36.7 Å². The van der Waals surface area contributed by atoms with Crippen molar-refractivity contribution in [3.8, 4) is 11.5 Å². The lowest BCUT2D eigenvalue weighted by Crippen LogP contribution is -2.46. The summed E-state index contributed by atoms with van der Waals surface area (Å²) in [5.74, 6) is -1.27. The van der Waals surface area contributed by atoms with Gasteiger partial charge in [-0.25, -0.2) is 9.78 Å². The second-order valence-electron chi connectivity index (χ2n) is 9.39. The lowest BCUT2D eigenvalue weighted by atomic mass is 9.89. The quantitative estimate of drug-likeness (QED) is 0.503. The van der Waals surface area contributed by atoms with E-state index in [2.05, 4.69) is 24.1 Å². The van der Waals surface area contributed by atoms with Crippen molar-refractivity contribution < 1.29 is 33.6 Å². The first-order valence-electron chi connectivity index (χ1n) is 12.3. The van der Waals surface area contributed by atoms with Crippen molar-refractivity contribution in [1.29, 1.82) is 0 Å². The number of ether oxygens (including phenoxy) is 4. The van der Waals surface area contributed by atoms with E-state index in [0.717, 1.165) is 18.4 Å². The molecule has 1 aliphatic heterocycles. The van der Waals surface area contributed by atoms with Gasteiger partial charge in [-0.15, -0.1) is 0 Å². The predicted octanol–water partition coefficient (Wildman–Crippen LogP) is 3.49. The van der Waals surface area contributed by atoms with Crippen molar-refractivity contribution in [3.05, 3.63) is 53.9 Å². The van der Waals surface area contributed by atoms with Crippen LogP contribution in [0.5, 0.6) is 11.5 Å².